The highest BCUT2D eigenvalue weighted by Gasteiger charge is 2.18. The zero-order valence-electron chi connectivity index (χ0n) is 12.9. The van der Waals surface area contributed by atoms with Gasteiger partial charge in [0.25, 0.3) is 0 Å². The standard InChI is InChI=1S/C18H28O2/c1-15-5-3-7-17(13-15)9-10-19-11-12-20-18-8-4-6-16(2)14-18/h4,6,8,14-15,17H,3,5,7,9-13H2,1-2H3/t15-,17-/m1/s1. The van der Waals surface area contributed by atoms with Gasteiger partial charge in [0.2, 0.25) is 0 Å². The summed E-state index contributed by atoms with van der Waals surface area (Å²) in [5.74, 6) is 2.74. The molecule has 0 amide bonds. The summed E-state index contributed by atoms with van der Waals surface area (Å²) in [5.41, 5.74) is 1.23. The van der Waals surface area contributed by atoms with Crippen molar-refractivity contribution in [2.75, 3.05) is 19.8 Å². The van der Waals surface area contributed by atoms with Gasteiger partial charge in [0.05, 0.1) is 6.61 Å². The monoisotopic (exact) mass is 276 g/mol. The summed E-state index contributed by atoms with van der Waals surface area (Å²) in [6, 6.07) is 8.16. The van der Waals surface area contributed by atoms with Crippen molar-refractivity contribution in [1.29, 1.82) is 0 Å². The van der Waals surface area contributed by atoms with Gasteiger partial charge in [-0.2, -0.15) is 0 Å². The molecule has 1 aliphatic rings. The van der Waals surface area contributed by atoms with Gasteiger partial charge in [0.15, 0.2) is 0 Å². The summed E-state index contributed by atoms with van der Waals surface area (Å²) >= 11 is 0. The van der Waals surface area contributed by atoms with Gasteiger partial charge in [-0.15, -0.1) is 0 Å². The molecule has 1 fully saturated rings. The number of aryl methyl sites for hydroxylation is 1. The van der Waals surface area contributed by atoms with Crippen LogP contribution in [0.4, 0.5) is 0 Å². The maximum atomic E-state index is 5.70. The van der Waals surface area contributed by atoms with Crippen LogP contribution in [0.25, 0.3) is 0 Å². The predicted molar refractivity (Wildman–Crippen MR) is 83.2 cm³/mol. The number of rotatable bonds is 7. The molecule has 1 saturated carbocycles. The first-order chi connectivity index (χ1) is 9.74. The Bertz CT molecular complexity index is 389. The molecule has 0 N–H and O–H groups in total. The fraction of sp³-hybridized carbons (Fsp3) is 0.667. The topological polar surface area (TPSA) is 18.5 Å². The lowest BCUT2D eigenvalue weighted by atomic mass is 9.81. The highest BCUT2D eigenvalue weighted by Crippen LogP contribution is 2.30. The van der Waals surface area contributed by atoms with Crippen molar-refractivity contribution in [1.82, 2.24) is 0 Å². The normalized spacial score (nSPS) is 22.7. The molecule has 2 heteroatoms. The summed E-state index contributed by atoms with van der Waals surface area (Å²) in [6.07, 6.45) is 6.83. The maximum absolute atomic E-state index is 5.70. The first kappa shape index (κ1) is 15.4. The van der Waals surface area contributed by atoms with Crippen LogP contribution in [0, 0.1) is 18.8 Å². The van der Waals surface area contributed by atoms with Gasteiger partial charge in [-0.25, -0.2) is 0 Å². The third-order valence-electron chi connectivity index (χ3n) is 4.20. The highest BCUT2D eigenvalue weighted by atomic mass is 16.5. The Hall–Kier alpha value is -1.02. The summed E-state index contributed by atoms with van der Waals surface area (Å²) in [7, 11) is 0. The molecule has 1 aromatic rings. The molecule has 0 heterocycles. The fourth-order valence-corrected chi connectivity index (χ4v) is 3.10. The van der Waals surface area contributed by atoms with Crippen LogP contribution in [-0.2, 0) is 4.74 Å². The minimum Gasteiger partial charge on any atom is -0.491 e. The van der Waals surface area contributed by atoms with E-state index in [-0.39, 0.29) is 0 Å². The zero-order chi connectivity index (χ0) is 14.2. The van der Waals surface area contributed by atoms with Gasteiger partial charge in [0, 0.05) is 6.61 Å². The van der Waals surface area contributed by atoms with Crippen LogP contribution < -0.4 is 4.74 Å². The lowest BCUT2D eigenvalue weighted by molar-refractivity contribution is 0.0832. The number of ether oxygens (including phenoxy) is 2. The predicted octanol–water partition coefficient (Wildman–Crippen LogP) is 4.61. The van der Waals surface area contributed by atoms with E-state index < -0.39 is 0 Å². The molecule has 0 aromatic heterocycles. The van der Waals surface area contributed by atoms with E-state index in [9.17, 15) is 0 Å². The SMILES string of the molecule is Cc1cccc(OCCOCC[C@H]2CCC[C@@H](C)C2)c1. The van der Waals surface area contributed by atoms with Crippen molar-refractivity contribution in [3.05, 3.63) is 29.8 Å². The van der Waals surface area contributed by atoms with Crippen LogP contribution >= 0.6 is 0 Å². The third kappa shape index (κ3) is 5.54. The molecule has 0 spiro atoms. The van der Waals surface area contributed by atoms with Crippen LogP contribution in [-0.4, -0.2) is 19.8 Å². The van der Waals surface area contributed by atoms with Crippen molar-refractivity contribution >= 4 is 0 Å². The molecule has 112 valence electrons. The molecule has 20 heavy (non-hydrogen) atoms. The average Bonchev–Trinajstić information content (AvgIpc) is 2.43. The van der Waals surface area contributed by atoms with Crippen LogP contribution in [0.5, 0.6) is 5.75 Å². The summed E-state index contributed by atoms with van der Waals surface area (Å²) < 4.78 is 11.4. The molecule has 0 bridgehead atoms. The fourth-order valence-electron chi connectivity index (χ4n) is 3.10. The van der Waals surface area contributed by atoms with Gasteiger partial charge < -0.3 is 9.47 Å². The second-order valence-electron chi connectivity index (χ2n) is 6.20. The summed E-state index contributed by atoms with van der Waals surface area (Å²) in [5, 5.41) is 0. The molecule has 2 atom stereocenters. The van der Waals surface area contributed by atoms with Gasteiger partial charge in [0.1, 0.15) is 12.4 Å². The van der Waals surface area contributed by atoms with Crippen molar-refractivity contribution < 1.29 is 9.47 Å². The molecule has 1 aliphatic carbocycles. The first-order valence-electron chi connectivity index (χ1n) is 8.01. The highest BCUT2D eigenvalue weighted by molar-refractivity contribution is 5.27. The summed E-state index contributed by atoms with van der Waals surface area (Å²) in [4.78, 5) is 0. The first-order valence-corrected chi connectivity index (χ1v) is 8.01. The van der Waals surface area contributed by atoms with Gasteiger partial charge in [-0.1, -0.05) is 38.3 Å². The van der Waals surface area contributed by atoms with Gasteiger partial charge in [-0.3, -0.25) is 0 Å². The number of hydrogen-bond donors (Lipinski definition) is 0. The van der Waals surface area contributed by atoms with Crippen LogP contribution in [0.1, 0.15) is 44.6 Å². The lowest BCUT2D eigenvalue weighted by Crippen LogP contribution is -2.16. The molecule has 1 aromatic carbocycles. The minimum absolute atomic E-state index is 0.643. The zero-order valence-corrected chi connectivity index (χ0v) is 12.9. The summed E-state index contributed by atoms with van der Waals surface area (Å²) in [6.45, 7) is 6.67. The maximum Gasteiger partial charge on any atom is 0.119 e. The van der Waals surface area contributed by atoms with Gasteiger partial charge in [-0.05, 0) is 49.3 Å². The quantitative estimate of drug-likeness (QED) is 0.677. The Morgan fingerprint density at radius 2 is 2.05 bits per heavy atom. The number of benzene rings is 1. The Morgan fingerprint density at radius 1 is 1.15 bits per heavy atom. The van der Waals surface area contributed by atoms with Crippen molar-refractivity contribution in [3.8, 4) is 5.75 Å². The van der Waals surface area contributed by atoms with E-state index >= 15 is 0 Å². The Kier molecular flexibility index (Phi) is 6.38. The molecule has 2 nitrogen and oxygen atoms in total. The van der Waals surface area contributed by atoms with E-state index in [2.05, 4.69) is 26.0 Å². The van der Waals surface area contributed by atoms with E-state index in [1.807, 2.05) is 12.1 Å². The molecule has 0 aliphatic heterocycles. The molecule has 0 radical (unpaired) electrons. The van der Waals surface area contributed by atoms with Crippen LogP contribution in [0.3, 0.4) is 0 Å². The largest absolute Gasteiger partial charge is 0.491 e. The number of hydrogen-bond acceptors (Lipinski definition) is 2. The molecule has 0 saturated heterocycles. The minimum atomic E-state index is 0.643. The van der Waals surface area contributed by atoms with Crippen LogP contribution in [0.15, 0.2) is 24.3 Å². The average molecular weight is 276 g/mol. The van der Waals surface area contributed by atoms with E-state index in [0.29, 0.717) is 13.2 Å². The molecule has 2 rings (SSSR count). The Labute approximate surface area is 123 Å². The molecular weight excluding hydrogens is 248 g/mol. The second-order valence-corrected chi connectivity index (χ2v) is 6.20. The lowest BCUT2D eigenvalue weighted by Gasteiger charge is -2.26. The van der Waals surface area contributed by atoms with E-state index in [1.54, 1.807) is 0 Å². The van der Waals surface area contributed by atoms with E-state index in [4.69, 9.17) is 9.47 Å². The second kappa shape index (κ2) is 8.31. The Balaban J connectivity index is 1.51. The van der Waals surface area contributed by atoms with Crippen molar-refractivity contribution in [2.45, 2.75) is 46.0 Å². The molecular formula is C18H28O2. The van der Waals surface area contributed by atoms with Gasteiger partial charge >= 0.3 is 0 Å². The Morgan fingerprint density at radius 3 is 2.85 bits per heavy atom. The van der Waals surface area contributed by atoms with Crippen molar-refractivity contribution in [2.24, 2.45) is 11.8 Å². The van der Waals surface area contributed by atoms with Crippen molar-refractivity contribution in [3.63, 3.8) is 0 Å². The van der Waals surface area contributed by atoms with E-state index in [1.165, 1.54) is 37.7 Å². The molecule has 0 unspecified atom stereocenters. The van der Waals surface area contributed by atoms with Crippen LogP contribution in [0.2, 0.25) is 0 Å². The van der Waals surface area contributed by atoms with E-state index in [0.717, 1.165) is 24.2 Å². The third-order valence-corrected chi connectivity index (χ3v) is 4.20. The smallest absolute Gasteiger partial charge is 0.119 e.